The molecule has 1 atom stereocenters. The molecule has 2 amide bonds. The number of piperazine rings is 1. The van der Waals surface area contributed by atoms with Gasteiger partial charge in [0.05, 0.1) is 0 Å². The summed E-state index contributed by atoms with van der Waals surface area (Å²) in [4.78, 5) is 16.1. The number of rotatable bonds is 5. The molecule has 1 aliphatic rings. The maximum absolute atomic E-state index is 13.1. The fourth-order valence-electron chi connectivity index (χ4n) is 3.02. The van der Waals surface area contributed by atoms with E-state index in [-0.39, 0.29) is 24.3 Å². The zero-order valence-corrected chi connectivity index (χ0v) is 14.7. The first kappa shape index (κ1) is 19.7. The number of hydrogen-bond donors (Lipinski definition) is 1. The third kappa shape index (κ3) is 5.36. The molecule has 0 aromatic heterocycles. The lowest BCUT2D eigenvalue weighted by molar-refractivity contribution is 0.104. The van der Waals surface area contributed by atoms with Crippen LogP contribution in [-0.4, -0.2) is 48.6 Å². The number of halogens is 2. The van der Waals surface area contributed by atoms with Crippen LogP contribution < -0.4 is 5.32 Å². The molecule has 2 rings (SSSR count). The van der Waals surface area contributed by atoms with Crippen molar-refractivity contribution in [2.45, 2.75) is 32.7 Å². The van der Waals surface area contributed by atoms with Gasteiger partial charge in [-0.1, -0.05) is 25.5 Å². The van der Waals surface area contributed by atoms with Gasteiger partial charge in [-0.05, 0) is 31.0 Å². The van der Waals surface area contributed by atoms with Crippen molar-refractivity contribution in [1.29, 1.82) is 0 Å². The molecule has 4 nitrogen and oxygen atoms in total. The molecular formula is C17H27ClFN3O. The Hall–Kier alpha value is -1.33. The van der Waals surface area contributed by atoms with Crippen LogP contribution in [0, 0.1) is 5.82 Å². The first-order valence-electron chi connectivity index (χ1n) is 8.18. The number of hydrogen-bond acceptors (Lipinski definition) is 2. The van der Waals surface area contributed by atoms with E-state index in [1.165, 1.54) is 12.1 Å². The summed E-state index contributed by atoms with van der Waals surface area (Å²) >= 11 is 0. The van der Waals surface area contributed by atoms with Gasteiger partial charge in [-0.3, -0.25) is 4.90 Å². The fourth-order valence-corrected chi connectivity index (χ4v) is 3.02. The average molecular weight is 344 g/mol. The highest BCUT2D eigenvalue weighted by Gasteiger charge is 2.26. The molecule has 0 radical (unpaired) electrons. The molecule has 0 bridgehead atoms. The number of amides is 2. The van der Waals surface area contributed by atoms with Crippen molar-refractivity contribution < 1.29 is 9.18 Å². The van der Waals surface area contributed by atoms with Gasteiger partial charge in [0.2, 0.25) is 0 Å². The van der Waals surface area contributed by atoms with Gasteiger partial charge in [0, 0.05) is 38.8 Å². The summed E-state index contributed by atoms with van der Waals surface area (Å²) in [6, 6.07) is 7.15. The molecule has 0 aliphatic carbocycles. The third-order valence-corrected chi connectivity index (χ3v) is 4.19. The van der Waals surface area contributed by atoms with Crippen LogP contribution in [0.3, 0.4) is 0 Å². The van der Waals surface area contributed by atoms with Gasteiger partial charge in [-0.25, -0.2) is 9.18 Å². The zero-order chi connectivity index (χ0) is 15.9. The molecule has 1 fully saturated rings. The van der Waals surface area contributed by atoms with E-state index in [1.807, 2.05) is 24.0 Å². The van der Waals surface area contributed by atoms with Crippen LogP contribution in [0.15, 0.2) is 24.3 Å². The fraction of sp³-hybridized carbons (Fsp3) is 0.588. The lowest BCUT2D eigenvalue weighted by Crippen LogP contribution is -2.52. The maximum Gasteiger partial charge on any atom is 0.317 e. The molecular weight excluding hydrogens is 317 g/mol. The van der Waals surface area contributed by atoms with Gasteiger partial charge < -0.3 is 10.2 Å². The van der Waals surface area contributed by atoms with Crippen molar-refractivity contribution in [1.82, 2.24) is 15.1 Å². The van der Waals surface area contributed by atoms with E-state index in [0.717, 1.165) is 44.6 Å². The van der Waals surface area contributed by atoms with Crippen LogP contribution in [0.4, 0.5) is 9.18 Å². The van der Waals surface area contributed by atoms with Crippen molar-refractivity contribution in [3.8, 4) is 0 Å². The van der Waals surface area contributed by atoms with E-state index in [2.05, 4.69) is 17.1 Å². The summed E-state index contributed by atoms with van der Waals surface area (Å²) in [6.07, 6.45) is 2.13. The molecule has 130 valence electrons. The minimum absolute atomic E-state index is 0. The Balaban J connectivity index is 0.00000264. The lowest BCUT2D eigenvalue weighted by Gasteiger charge is -2.39. The Kier molecular flexibility index (Phi) is 8.34. The van der Waals surface area contributed by atoms with Crippen LogP contribution in [0.5, 0.6) is 0 Å². The number of carbonyl (C=O) groups excluding carboxylic acids is 1. The van der Waals surface area contributed by atoms with Crippen molar-refractivity contribution >= 4 is 18.4 Å². The number of nitrogens with zero attached hydrogens (tertiary/aromatic N) is 2. The van der Waals surface area contributed by atoms with Gasteiger partial charge in [-0.15, -0.1) is 12.4 Å². The SMILES string of the molecule is CCCC(c1ccc(F)cc1)N1CCN(C(=O)NCC)CC1.Cl. The molecule has 0 spiro atoms. The normalized spacial score (nSPS) is 16.6. The molecule has 0 saturated carbocycles. The van der Waals surface area contributed by atoms with Crippen molar-refractivity contribution in [3.63, 3.8) is 0 Å². The second-order valence-corrected chi connectivity index (χ2v) is 5.71. The Morgan fingerprint density at radius 2 is 1.78 bits per heavy atom. The predicted molar refractivity (Wildman–Crippen MR) is 93.5 cm³/mol. The van der Waals surface area contributed by atoms with Crippen LogP contribution in [0.25, 0.3) is 0 Å². The number of nitrogens with one attached hydrogen (secondary N) is 1. The molecule has 1 aromatic carbocycles. The second-order valence-electron chi connectivity index (χ2n) is 5.71. The van der Waals surface area contributed by atoms with Crippen LogP contribution in [-0.2, 0) is 0 Å². The average Bonchev–Trinajstić information content (AvgIpc) is 2.54. The van der Waals surface area contributed by atoms with Gasteiger partial charge in [-0.2, -0.15) is 0 Å². The zero-order valence-electron chi connectivity index (χ0n) is 13.9. The van der Waals surface area contributed by atoms with Crippen LogP contribution in [0.1, 0.15) is 38.3 Å². The summed E-state index contributed by atoms with van der Waals surface area (Å²) in [5.41, 5.74) is 1.16. The van der Waals surface area contributed by atoms with Gasteiger partial charge in [0.15, 0.2) is 0 Å². The smallest absolute Gasteiger partial charge is 0.317 e. The summed E-state index contributed by atoms with van der Waals surface area (Å²) in [7, 11) is 0. The van der Waals surface area contributed by atoms with Crippen molar-refractivity contribution in [2.24, 2.45) is 0 Å². The van der Waals surface area contributed by atoms with E-state index < -0.39 is 0 Å². The summed E-state index contributed by atoms with van der Waals surface area (Å²) in [5, 5.41) is 2.85. The third-order valence-electron chi connectivity index (χ3n) is 4.19. The molecule has 1 saturated heterocycles. The van der Waals surface area contributed by atoms with Gasteiger partial charge in [0.1, 0.15) is 5.82 Å². The Bertz CT molecular complexity index is 475. The number of urea groups is 1. The number of benzene rings is 1. The largest absolute Gasteiger partial charge is 0.338 e. The minimum Gasteiger partial charge on any atom is -0.338 e. The van der Waals surface area contributed by atoms with E-state index in [0.29, 0.717) is 12.6 Å². The highest BCUT2D eigenvalue weighted by atomic mass is 35.5. The second kappa shape index (κ2) is 9.73. The maximum atomic E-state index is 13.1. The molecule has 1 aliphatic heterocycles. The highest BCUT2D eigenvalue weighted by molar-refractivity contribution is 5.85. The van der Waals surface area contributed by atoms with E-state index in [1.54, 1.807) is 0 Å². The summed E-state index contributed by atoms with van der Waals surface area (Å²) in [5.74, 6) is -0.194. The van der Waals surface area contributed by atoms with Gasteiger partial charge in [0.25, 0.3) is 0 Å². The standard InChI is InChI=1S/C17H26FN3O.ClH/c1-3-5-16(14-6-8-15(18)9-7-14)20-10-12-21(13-11-20)17(22)19-4-2;/h6-9,16H,3-5,10-13H2,1-2H3,(H,19,22);1H. The monoisotopic (exact) mass is 343 g/mol. The quantitative estimate of drug-likeness (QED) is 0.889. The summed E-state index contributed by atoms with van der Waals surface area (Å²) in [6.45, 7) is 7.97. The Labute approximate surface area is 144 Å². The first-order chi connectivity index (χ1) is 10.7. The minimum atomic E-state index is -0.194. The highest BCUT2D eigenvalue weighted by Crippen LogP contribution is 2.27. The molecule has 1 unspecified atom stereocenters. The van der Waals surface area contributed by atoms with Crippen molar-refractivity contribution in [2.75, 3.05) is 32.7 Å². The Morgan fingerprint density at radius 3 is 2.30 bits per heavy atom. The molecule has 1 heterocycles. The van der Waals surface area contributed by atoms with E-state index in [9.17, 15) is 9.18 Å². The summed E-state index contributed by atoms with van der Waals surface area (Å²) < 4.78 is 13.1. The Morgan fingerprint density at radius 1 is 1.17 bits per heavy atom. The molecule has 1 aromatic rings. The topological polar surface area (TPSA) is 35.6 Å². The van der Waals surface area contributed by atoms with Crippen LogP contribution in [0.2, 0.25) is 0 Å². The number of carbonyl (C=O) groups is 1. The molecule has 1 N–H and O–H groups in total. The van der Waals surface area contributed by atoms with Crippen LogP contribution >= 0.6 is 12.4 Å². The first-order valence-corrected chi connectivity index (χ1v) is 8.18. The predicted octanol–water partition coefficient (Wildman–Crippen LogP) is 3.44. The molecule has 23 heavy (non-hydrogen) atoms. The molecule has 6 heteroatoms. The van der Waals surface area contributed by atoms with Gasteiger partial charge >= 0.3 is 6.03 Å². The van der Waals surface area contributed by atoms with E-state index >= 15 is 0 Å². The van der Waals surface area contributed by atoms with E-state index in [4.69, 9.17) is 0 Å². The van der Waals surface area contributed by atoms with Crippen molar-refractivity contribution in [3.05, 3.63) is 35.6 Å². The lowest BCUT2D eigenvalue weighted by atomic mass is 10.00.